The van der Waals surface area contributed by atoms with Gasteiger partial charge in [0.25, 0.3) is 5.56 Å². The van der Waals surface area contributed by atoms with Gasteiger partial charge in [0.2, 0.25) is 0 Å². The van der Waals surface area contributed by atoms with E-state index in [9.17, 15) is 4.79 Å². The average molecular weight is 378 g/mol. The molecule has 0 aliphatic carbocycles. The molecule has 0 saturated heterocycles. The fraction of sp³-hybridized carbons (Fsp3) is 0.190. The van der Waals surface area contributed by atoms with Gasteiger partial charge in [0.05, 0.1) is 31.8 Å². The lowest BCUT2D eigenvalue weighted by Gasteiger charge is -2.09. The number of benzene rings is 2. The molecule has 28 heavy (non-hydrogen) atoms. The fourth-order valence-corrected chi connectivity index (χ4v) is 2.62. The van der Waals surface area contributed by atoms with E-state index in [2.05, 4.69) is 15.6 Å². The monoisotopic (exact) mass is 378 g/mol. The molecule has 1 aromatic heterocycles. The van der Waals surface area contributed by atoms with Crippen LogP contribution in [0.4, 0.5) is 5.69 Å². The molecule has 2 aromatic carbocycles. The van der Waals surface area contributed by atoms with E-state index in [1.54, 1.807) is 50.8 Å². The van der Waals surface area contributed by atoms with E-state index >= 15 is 0 Å². The van der Waals surface area contributed by atoms with Gasteiger partial charge < -0.3 is 9.47 Å². The summed E-state index contributed by atoms with van der Waals surface area (Å²) in [5.41, 5.74) is 5.52. The summed E-state index contributed by atoms with van der Waals surface area (Å²) in [6.07, 6.45) is 2.19. The van der Waals surface area contributed by atoms with Crippen molar-refractivity contribution in [3.05, 3.63) is 76.2 Å². The first kappa shape index (κ1) is 19.2. The number of hydrogen-bond donors (Lipinski definition) is 1. The number of nitrogens with zero attached hydrogens (tertiary/aromatic N) is 3. The predicted molar refractivity (Wildman–Crippen MR) is 110 cm³/mol. The Balaban J connectivity index is 1.86. The van der Waals surface area contributed by atoms with E-state index in [0.717, 1.165) is 11.4 Å². The number of ether oxygens (including phenoxy) is 2. The van der Waals surface area contributed by atoms with Crippen LogP contribution in [0.25, 0.3) is 5.69 Å². The van der Waals surface area contributed by atoms with Gasteiger partial charge in [0.15, 0.2) is 0 Å². The third-order valence-corrected chi connectivity index (χ3v) is 4.18. The smallest absolute Gasteiger partial charge is 0.274 e. The van der Waals surface area contributed by atoms with Crippen LogP contribution in [-0.2, 0) is 6.42 Å². The van der Waals surface area contributed by atoms with Gasteiger partial charge >= 0.3 is 0 Å². The first-order valence-electron chi connectivity index (χ1n) is 8.85. The Morgan fingerprint density at radius 3 is 2.21 bits per heavy atom. The standard InChI is InChI=1S/C21H22N4O3/c1-4-15-13-17(14-22-23-16-5-9-19(27-2)10-6-16)24-25(21(15)26)18-7-11-20(28-3)12-8-18/h5-14,23H,4H2,1-3H3/b22-14+. The molecule has 7 heteroatoms. The third kappa shape index (κ3) is 4.37. The Hall–Kier alpha value is -3.61. The van der Waals surface area contributed by atoms with Crippen LogP contribution in [-0.4, -0.2) is 30.2 Å². The zero-order valence-electron chi connectivity index (χ0n) is 16.0. The van der Waals surface area contributed by atoms with Gasteiger partial charge in [-0.25, -0.2) is 0 Å². The quantitative estimate of drug-likeness (QED) is 0.504. The Kier molecular flexibility index (Phi) is 6.06. The highest BCUT2D eigenvalue weighted by molar-refractivity contribution is 5.77. The summed E-state index contributed by atoms with van der Waals surface area (Å²) in [6.45, 7) is 1.94. The highest BCUT2D eigenvalue weighted by Gasteiger charge is 2.08. The Morgan fingerprint density at radius 2 is 1.64 bits per heavy atom. The SMILES string of the molecule is CCc1cc(/C=N/Nc2ccc(OC)cc2)nn(-c2ccc(OC)cc2)c1=O. The minimum Gasteiger partial charge on any atom is -0.497 e. The average Bonchev–Trinajstić information content (AvgIpc) is 2.75. The van der Waals surface area contributed by atoms with Crippen LogP contribution in [0.2, 0.25) is 0 Å². The lowest BCUT2D eigenvalue weighted by Crippen LogP contribution is -2.25. The molecule has 3 rings (SSSR count). The molecule has 7 nitrogen and oxygen atoms in total. The molecule has 0 aliphatic rings. The van der Waals surface area contributed by atoms with Crippen molar-refractivity contribution in [2.45, 2.75) is 13.3 Å². The molecule has 0 fully saturated rings. The maximum absolute atomic E-state index is 12.7. The largest absolute Gasteiger partial charge is 0.497 e. The molecule has 1 heterocycles. The van der Waals surface area contributed by atoms with Crippen LogP contribution in [0.3, 0.4) is 0 Å². The van der Waals surface area contributed by atoms with Crippen LogP contribution in [0.1, 0.15) is 18.2 Å². The zero-order chi connectivity index (χ0) is 19.9. The topological polar surface area (TPSA) is 77.7 Å². The second kappa shape index (κ2) is 8.85. The molecule has 0 saturated carbocycles. The van der Waals surface area contributed by atoms with Crippen LogP contribution in [0.5, 0.6) is 11.5 Å². The molecule has 0 bridgehead atoms. The van der Waals surface area contributed by atoms with Crippen molar-refractivity contribution < 1.29 is 9.47 Å². The molecule has 0 atom stereocenters. The number of methoxy groups -OCH3 is 2. The van der Waals surface area contributed by atoms with E-state index in [1.165, 1.54) is 4.68 Å². The highest BCUT2D eigenvalue weighted by Crippen LogP contribution is 2.15. The first-order chi connectivity index (χ1) is 13.6. The molecule has 0 amide bonds. The van der Waals surface area contributed by atoms with Crippen LogP contribution < -0.4 is 20.5 Å². The predicted octanol–water partition coefficient (Wildman–Crippen LogP) is 3.26. The van der Waals surface area contributed by atoms with Crippen LogP contribution >= 0.6 is 0 Å². The second-order valence-electron chi connectivity index (χ2n) is 5.96. The fourth-order valence-electron chi connectivity index (χ4n) is 2.62. The number of hydrazone groups is 1. The van der Waals surface area contributed by atoms with Crippen molar-refractivity contribution >= 4 is 11.9 Å². The maximum atomic E-state index is 12.7. The van der Waals surface area contributed by atoms with Gasteiger partial charge in [0.1, 0.15) is 17.2 Å². The Morgan fingerprint density at radius 1 is 1.04 bits per heavy atom. The molecule has 1 N–H and O–H groups in total. The molecule has 3 aromatic rings. The van der Waals surface area contributed by atoms with Crippen molar-refractivity contribution in [2.24, 2.45) is 5.10 Å². The number of aromatic nitrogens is 2. The molecule has 144 valence electrons. The summed E-state index contributed by atoms with van der Waals surface area (Å²) in [6, 6.07) is 16.3. The van der Waals surface area contributed by atoms with Crippen molar-refractivity contribution in [3.8, 4) is 17.2 Å². The van der Waals surface area contributed by atoms with E-state index in [1.807, 2.05) is 31.2 Å². The molecule has 0 unspecified atom stereocenters. The number of nitrogens with one attached hydrogen (secondary N) is 1. The minimum absolute atomic E-state index is 0.145. The summed E-state index contributed by atoms with van der Waals surface area (Å²) < 4.78 is 11.7. The third-order valence-electron chi connectivity index (χ3n) is 4.18. The number of aryl methyl sites for hydroxylation is 1. The van der Waals surface area contributed by atoms with Crippen molar-refractivity contribution in [1.29, 1.82) is 0 Å². The first-order valence-corrected chi connectivity index (χ1v) is 8.85. The molecular formula is C21H22N4O3. The van der Waals surface area contributed by atoms with E-state index in [0.29, 0.717) is 29.1 Å². The molecule has 0 aliphatic heterocycles. The van der Waals surface area contributed by atoms with Crippen molar-refractivity contribution in [1.82, 2.24) is 9.78 Å². The maximum Gasteiger partial charge on any atom is 0.274 e. The van der Waals surface area contributed by atoms with E-state index in [4.69, 9.17) is 9.47 Å². The zero-order valence-corrected chi connectivity index (χ0v) is 16.0. The van der Waals surface area contributed by atoms with Crippen LogP contribution in [0.15, 0.2) is 64.5 Å². The van der Waals surface area contributed by atoms with Crippen LogP contribution in [0, 0.1) is 0 Å². The van der Waals surface area contributed by atoms with Gasteiger partial charge in [-0.3, -0.25) is 10.2 Å². The van der Waals surface area contributed by atoms with E-state index in [-0.39, 0.29) is 5.56 Å². The lowest BCUT2D eigenvalue weighted by molar-refractivity contribution is 0.414. The van der Waals surface area contributed by atoms with Gasteiger partial charge in [0, 0.05) is 5.56 Å². The Labute approximate surface area is 163 Å². The molecule has 0 spiro atoms. The van der Waals surface area contributed by atoms with Crippen molar-refractivity contribution in [2.75, 3.05) is 19.6 Å². The number of anilines is 1. The van der Waals surface area contributed by atoms with Gasteiger partial charge in [-0.1, -0.05) is 6.92 Å². The van der Waals surface area contributed by atoms with Crippen molar-refractivity contribution in [3.63, 3.8) is 0 Å². The molecule has 0 radical (unpaired) electrons. The summed E-state index contributed by atoms with van der Waals surface area (Å²) in [4.78, 5) is 12.7. The number of rotatable bonds is 7. The summed E-state index contributed by atoms with van der Waals surface area (Å²) >= 11 is 0. The molecular weight excluding hydrogens is 356 g/mol. The second-order valence-corrected chi connectivity index (χ2v) is 5.96. The van der Waals surface area contributed by atoms with E-state index < -0.39 is 0 Å². The summed E-state index contributed by atoms with van der Waals surface area (Å²) in [7, 11) is 3.22. The lowest BCUT2D eigenvalue weighted by atomic mass is 10.2. The number of hydrogen-bond acceptors (Lipinski definition) is 6. The Bertz CT molecular complexity index is 1010. The highest BCUT2D eigenvalue weighted by atomic mass is 16.5. The normalized spacial score (nSPS) is 10.8. The van der Waals surface area contributed by atoms with Gasteiger partial charge in [-0.05, 0) is 61.0 Å². The van der Waals surface area contributed by atoms with Gasteiger partial charge in [-0.15, -0.1) is 0 Å². The van der Waals surface area contributed by atoms with Gasteiger partial charge in [-0.2, -0.15) is 14.9 Å². The summed E-state index contributed by atoms with van der Waals surface area (Å²) in [5, 5.41) is 8.64. The minimum atomic E-state index is -0.145. The summed E-state index contributed by atoms with van der Waals surface area (Å²) in [5.74, 6) is 1.49.